The zero-order valence-electron chi connectivity index (χ0n) is 18.8. The van der Waals surface area contributed by atoms with Crippen LogP contribution in [-0.4, -0.2) is 57.4 Å². The highest BCUT2D eigenvalue weighted by molar-refractivity contribution is 7.89. The van der Waals surface area contributed by atoms with Crippen LogP contribution >= 0.6 is 0 Å². The summed E-state index contributed by atoms with van der Waals surface area (Å²) in [5.41, 5.74) is 1.24. The molecule has 1 aliphatic rings. The van der Waals surface area contributed by atoms with Crippen LogP contribution in [0.2, 0.25) is 0 Å². The van der Waals surface area contributed by atoms with Crippen molar-refractivity contribution in [3.05, 3.63) is 84.4 Å². The maximum absolute atomic E-state index is 12.9. The molecule has 0 unspecified atom stereocenters. The molecule has 0 bridgehead atoms. The van der Waals surface area contributed by atoms with Gasteiger partial charge in [0.25, 0.3) is 11.8 Å². The number of carbonyl (C=O) groups excluding carboxylic acids is 2. The Morgan fingerprint density at radius 1 is 0.857 bits per heavy atom. The van der Waals surface area contributed by atoms with Crippen molar-refractivity contribution < 1.29 is 27.5 Å². The fraction of sp³-hybridized carbons (Fsp3) is 0.200. The molecule has 0 saturated carbocycles. The molecule has 10 heteroatoms. The average molecular weight is 496 g/mol. The second-order valence-electron chi connectivity index (χ2n) is 7.70. The number of hydrogen-bond acceptors (Lipinski definition) is 6. The lowest BCUT2D eigenvalue weighted by atomic mass is 10.2. The van der Waals surface area contributed by atoms with Gasteiger partial charge in [0.2, 0.25) is 10.0 Å². The number of nitrogens with one attached hydrogen (secondary N) is 2. The van der Waals surface area contributed by atoms with Gasteiger partial charge in [0, 0.05) is 24.5 Å². The van der Waals surface area contributed by atoms with Crippen LogP contribution in [-0.2, 0) is 19.6 Å². The molecule has 3 aromatic carbocycles. The number of para-hydroxylation sites is 2. The Morgan fingerprint density at radius 3 is 2.31 bits per heavy atom. The number of benzene rings is 3. The van der Waals surface area contributed by atoms with E-state index in [0.717, 1.165) is 0 Å². The topological polar surface area (TPSA) is 114 Å². The highest BCUT2D eigenvalue weighted by Gasteiger charge is 2.26. The van der Waals surface area contributed by atoms with Crippen LogP contribution in [0.25, 0.3) is 0 Å². The molecule has 3 aromatic rings. The van der Waals surface area contributed by atoms with Crippen LogP contribution in [0.4, 0.5) is 11.4 Å². The first-order chi connectivity index (χ1) is 16.9. The maximum Gasteiger partial charge on any atom is 0.262 e. The normalized spacial score (nSPS) is 14.2. The van der Waals surface area contributed by atoms with Gasteiger partial charge in [-0.15, -0.1) is 0 Å². The largest absolute Gasteiger partial charge is 0.483 e. The molecule has 2 amide bonds. The summed E-state index contributed by atoms with van der Waals surface area (Å²) >= 11 is 0. The van der Waals surface area contributed by atoms with E-state index in [9.17, 15) is 18.0 Å². The third kappa shape index (κ3) is 6.24. The molecular weight excluding hydrogens is 470 g/mol. The van der Waals surface area contributed by atoms with Crippen molar-refractivity contribution in [1.82, 2.24) is 4.31 Å². The van der Waals surface area contributed by atoms with Gasteiger partial charge in [-0.3, -0.25) is 9.59 Å². The van der Waals surface area contributed by atoms with E-state index < -0.39 is 15.9 Å². The van der Waals surface area contributed by atoms with Crippen molar-refractivity contribution >= 4 is 33.2 Å². The Kier molecular flexibility index (Phi) is 7.76. The number of rotatable bonds is 8. The molecule has 0 spiro atoms. The van der Waals surface area contributed by atoms with Crippen LogP contribution < -0.4 is 15.4 Å². The van der Waals surface area contributed by atoms with Gasteiger partial charge in [-0.1, -0.05) is 36.4 Å². The zero-order chi connectivity index (χ0) is 24.7. The fourth-order valence-corrected chi connectivity index (χ4v) is 4.97. The van der Waals surface area contributed by atoms with Gasteiger partial charge in [-0.05, 0) is 42.5 Å². The molecule has 1 aliphatic heterocycles. The number of sulfonamides is 1. The van der Waals surface area contributed by atoms with Gasteiger partial charge >= 0.3 is 0 Å². The number of amides is 2. The second-order valence-corrected chi connectivity index (χ2v) is 9.64. The SMILES string of the molecule is O=C(COc1ccccc1C(=O)Nc1ccccc1)Nc1cccc(S(=O)(=O)N2CCOCC2)c1. The van der Waals surface area contributed by atoms with Crippen molar-refractivity contribution in [3.63, 3.8) is 0 Å². The summed E-state index contributed by atoms with van der Waals surface area (Å²) in [7, 11) is -3.69. The molecular formula is C25H25N3O6S. The Hall–Kier alpha value is -3.73. The van der Waals surface area contributed by atoms with Gasteiger partial charge in [0.1, 0.15) is 5.75 Å². The number of anilines is 2. The van der Waals surface area contributed by atoms with Crippen molar-refractivity contribution in [2.45, 2.75) is 4.90 Å². The summed E-state index contributed by atoms with van der Waals surface area (Å²) in [5, 5.41) is 5.43. The van der Waals surface area contributed by atoms with Gasteiger partial charge in [0.05, 0.1) is 23.7 Å². The van der Waals surface area contributed by atoms with Crippen LogP contribution in [0.1, 0.15) is 10.4 Å². The van der Waals surface area contributed by atoms with E-state index in [4.69, 9.17) is 9.47 Å². The minimum atomic E-state index is -3.69. The number of hydrogen-bond donors (Lipinski definition) is 2. The Labute approximate surface area is 203 Å². The fourth-order valence-electron chi connectivity index (χ4n) is 3.51. The highest BCUT2D eigenvalue weighted by Crippen LogP contribution is 2.22. The van der Waals surface area contributed by atoms with Crippen LogP contribution in [0.15, 0.2) is 83.8 Å². The van der Waals surface area contributed by atoms with Crippen molar-refractivity contribution in [2.75, 3.05) is 43.5 Å². The summed E-state index contributed by atoms with van der Waals surface area (Å²) in [6.07, 6.45) is 0. The van der Waals surface area contributed by atoms with Gasteiger partial charge < -0.3 is 20.1 Å². The van der Waals surface area contributed by atoms with Gasteiger partial charge in [-0.25, -0.2) is 8.42 Å². The number of carbonyl (C=O) groups is 2. The molecule has 182 valence electrons. The number of ether oxygens (including phenoxy) is 2. The quantitative estimate of drug-likeness (QED) is 0.497. The van der Waals surface area contributed by atoms with Crippen LogP contribution in [0.3, 0.4) is 0 Å². The number of morpholine rings is 1. The molecule has 1 saturated heterocycles. The predicted octanol–water partition coefficient (Wildman–Crippen LogP) is 2.98. The standard InChI is InChI=1S/C25H25N3O6S/c29-24(26-20-9-6-10-21(17-20)35(31,32)28-13-15-33-16-14-28)18-34-23-12-5-4-11-22(23)25(30)27-19-7-2-1-3-8-19/h1-12,17H,13-16,18H2,(H,26,29)(H,27,30). The predicted molar refractivity (Wildman–Crippen MR) is 131 cm³/mol. The molecule has 0 aromatic heterocycles. The Morgan fingerprint density at radius 2 is 1.54 bits per heavy atom. The molecule has 4 rings (SSSR count). The highest BCUT2D eigenvalue weighted by atomic mass is 32.2. The molecule has 0 radical (unpaired) electrons. The monoisotopic (exact) mass is 495 g/mol. The summed E-state index contributed by atoms with van der Waals surface area (Å²) < 4.78 is 37.9. The third-order valence-corrected chi connectivity index (χ3v) is 7.14. The van der Waals surface area contributed by atoms with Gasteiger partial charge in [-0.2, -0.15) is 4.31 Å². The molecule has 35 heavy (non-hydrogen) atoms. The molecule has 0 aliphatic carbocycles. The van der Waals surface area contributed by atoms with E-state index in [-0.39, 0.29) is 41.8 Å². The van der Waals surface area contributed by atoms with E-state index in [2.05, 4.69) is 10.6 Å². The lowest BCUT2D eigenvalue weighted by Crippen LogP contribution is -2.40. The average Bonchev–Trinajstić information content (AvgIpc) is 2.89. The van der Waals surface area contributed by atoms with Crippen molar-refractivity contribution in [1.29, 1.82) is 0 Å². The summed E-state index contributed by atoms with van der Waals surface area (Å²) in [4.78, 5) is 25.3. The van der Waals surface area contributed by atoms with E-state index in [1.165, 1.54) is 16.4 Å². The van der Waals surface area contributed by atoms with E-state index in [0.29, 0.717) is 24.6 Å². The second kappa shape index (κ2) is 11.1. The van der Waals surface area contributed by atoms with Crippen molar-refractivity contribution in [2.24, 2.45) is 0 Å². The molecule has 0 atom stereocenters. The minimum absolute atomic E-state index is 0.0843. The first-order valence-corrected chi connectivity index (χ1v) is 12.4. The molecule has 2 N–H and O–H groups in total. The molecule has 1 heterocycles. The Balaban J connectivity index is 1.39. The zero-order valence-corrected chi connectivity index (χ0v) is 19.7. The first-order valence-electron chi connectivity index (χ1n) is 11.0. The van der Waals surface area contributed by atoms with Crippen LogP contribution in [0, 0.1) is 0 Å². The van der Waals surface area contributed by atoms with Gasteiger partial charge in [0.15, 0.2) is 6.61 Å². The first kappa shape index (κ1) is 24.4. The lowest BCUT2D eigenvalue weighted by Gasteiger charge is -2.26. The summed E-state index contributed by atoms with van der Waals surface area (Å²) in [6.45, 7) is 0.889. The smallest absolute Gasteiger partial charge is 0.262 e. The molecule has 9 nitrogen and oxygen atoms in total. The van der Waals surface area contributed by atoms with Crippen molar-refractivity contribution in [3.8, 4) is 5.75 Å². The summed E-state index contributed by atoms with van der Waals surface area (Å²) in [6, 6.07) is 21.7. The van der Waals surface area contributed by atoms with E-state index >= 15 is 0 Å². The third-order valence-electron chi connectivity index (χ3n) is 5.25. The maximum atomic E-state index is 12.9. The van der Waals surface area contributed by atoms with E-state index in [1.807, 2.05) is 18.2 Å². The molecule has 1 fully saturated rings. The lowest BCUT2D eigenvalue weighted by molar-refractivity contribution is -0.118. The minimum Gasteiger partial charge on any atom is -0.483 e. The van der Waals surface area contributed by atoms with E-state index in [1.54, 1.807) is 48.5 Å². The number of nitrogens with zero attached hydrogens (tertiary/aromatic N) is 1. The Bertz CT molecular complexity index is 1290. The summed E-state index contributed by atoms with van der Waals surface area (Å²) in [5.74, 6) is -0.614. The van der Waals surface area contributed by atoms with Crippen LogP contribution in [0.5, 0.6) is 5.75 Å².